The van der Waals surface area contributed by atoms with Gasteiger partial charge in [-0.15, -0.1) is 0 Å². The molecule has 0 amide bonds. The van der Waals surface area contributed by atoms with Crippen LogP contribution in [0.2, 0.25) is 5.02 Å². The molecule has 0 aliphatic rings. The zero-order chi connectivity index (χ0) is 17.7. The lowest BCUT2D eigenvalue weighted by Gasteiger charge is -2.16. The summed E-state index contributed by atoms with van der Waals surface area (Å²) < 4.78 is 33.6. The first-order valence-corrected chi connectivity index (χ1v) is 9.84. The van der Waals surface area contributed by atoms with Crippen molar-refractivity contribution in [3.63, 3.8) is 0 Å². The van der Waals surface area contributed by atoms with Crippen molar-refractivity contribution in [2.45, 2.75) is 38.5 Å². The molecule has 24 heavy (non-hydrogen) atoms. The van der Waals surface area contributed by atoms with Crippen LogP contribution >= 0.6 is 11.6 Å². The van der Waals surface area contributed by atoms with Crippen LogP contribution in [0.3, 0.4) is 0 Å². The number of hydrogen-bond donors (Lipinski definition) is 1. The maximum absolute atomic E-state index is 12.7. The molecular formula is C18H22ClNO3S. The van der Waals surface area contributed by atoms with Gasteiger partial charge >= 0.3 is 0 Å². The number of ether oxygens (including phenoxy) is 1. The maximum Gasteiger partial charge on any atom is 0.261 e. The second kappa shape index (κ2) is 7.90. The van der Waals surface area contributed by atoms with Gasteiger partial charge in [0.2, 0.25) is 0 Å². The number of anilines is 1. The quantitative estimate of drug-likeness (QED) is 0.774. The third-order valence-corrected chi connectivity index (χ3v) is 5.39. The highest BCUT2D eigenvalue weighted by molar-refractivity contribution is 7.92. The predicted octanol–water partition coefficient (Wildman–Crippen LogP) is 4.66. The van der Waals surface area contributed by atoms with Gasteiger partial charge in [-0.05, 0) is 49.1 Å². The van der Waals surface area contributed by atoms with Crippen molar-refractivity contribution in [2.24, 2.45) is 0 Å². The highest BCUT2D eigenvalue weighted by Gasteiger charge is 2.19. The highest BCUT2D eigenvalue weighted by atomic mass is 35.5. The van der Waals surface area contributed by atoms with E-state index in [4.69, 9.17) is 16.3 Å². The molecule has 0 radical (unpaired) electrons. The van der Waals surface area contributed by atoms with Gasteiger partial charge in [0.15, 0.2) is 0 Å². The van der Waals surface area contributed by atoms with E-state index in [1.165, 1.54) is 12.1 Å². The topological polar surface area (TPSA) is 55.4 Å². The van der Waals surface area contributed by atoms with E-state index in [9.17, 15) is 8.42 Å². The molecule has 2 aromatic carbocycles. The summed E-state index contributed by atoms with van der Waals surface area (Å²) in [5.74, 6) is 0.473. The molecule has 4 nitrogen and oxygen atoms in total. The van der Waals surface area contributed by atoms with Crippen molar-refractivity contribution in [3.8, 4) is 5.75 Å². The maximum atomic E-state index is 12.7. The molecule has 0 aliphatic heterocycles. The van der Waals surface area contributed by atoms with Gasteiger partial charge in [-0.25, -0.2) is 8.42 Å². The second-order valence-electron chi connectivity index (χ2n) is 5.29. The number of para-hydroxylation sites is 1. The molecule has 0 spiro atoms. The third kappa shape index (κ3) is 4.02. The highest BCUT2D eigenvalue weighted by Crippen LogP contribution is 2.30. The molecule has 0 heterocycles. The summed E-state index contributed by atoms with van der Waals surface area (Å²) in [6.45, 7) is 6.31. The lowest BCUT2D eigenvalue weighted by molar-refractivity contribution is 0.340. The van der Waals surface area contributed by atoms with E-state index in [0.717, 1.165) is 24.0 Å². The Morgan fingerprint density at radius 3 is 2.17 bits per heavy atom. The second-order valence-corrected chi connectivity index (χ2v) is 7.38. The molecule has 130 valence electrons. The Balaban J connectivity index is 2.41. The van der Waals surface area contributed by atoms with Crippen LogP contribution in [0.1, 0.15) is 31.9 Å². The number of nitrogens with one attached hydrogen (secondary N) is 1. The molecule has 0 saturated heterocycles. The Kier molecular flexibility index (Phi) is 6.13. The van der Waals surface area contributed by atoms with Gasteiger partial charge in [0.25, 0.3) is 10.0 Å². The Bertz CT molecular complexity index is 797. The van der Waals surface area contributed by atoms with Gasteiger partial charge in [0, 0.05) is 0 Å². The average Bonchev–Trinajstić information content (AvgIpc) is 2.56. The number of aryl methyl sites for hydroxylation is 2. The van der Waals surface area contributed by atoms with Crippen LogP contribution in [-0.4, -0.2) is 15.0 Å². The van der Waals surface area contributed by atoms with Gasteiger partial charge in [0.1, 0.15) is 5.75 Å². The predicted molar refractivity (Wildman–Crippen MR) is 98.6 cm³/mol. The molecule has 2 aromatic rings. The Morgan fingerprint density at radius 2 is 1.67 bits per heavy atom. The number of benzene rings is 2. The number of halogens is 1. The Morgan fingerprint density at radius 1 is 1.04 bits per heavy atom. The van der Waals surface area contributed by atoms with Crippen molar-refractivity contribution in [1.82, 2.24) is 0 Å². The molecular weight excluding hydrogens is 346 g/mol. The summed E-state index contributed by atoms with van der Waals surface area (Å²) in [5.41, 5.74) is 2.59. The fourth-order valence-corrected chi connectivity index (χ4v) is 3.96. The summed E-state index contributed by atoms with van der Waals surface area (Å²) >= 11 is 6.12. The summed E-state index contributed by atoms with van der Waals surface area (Å²) in [6, 6.07) is 10.3. The van der Waals surface area contributed by atoms with Crippen molar-refractivity contribution in [1.29, 1.82) is 0 Å². The normalized spacial score (nSPS) is 11.3. The largest absolute Gasteiger partial charge is 0.492 e. The smallest absolute Gasteiger partial charge is 0.261 e. The average molecular weight is 368 g/mol. The molecule has 0 fully saturated rings. The van der Waals surface area contributed by atoms with Crippen molar-refractivity contribution >= 4 is 27.3 Å². The lowest BCUT2D eigenvalue weighted by Crippen LogP contribution is -2.15. The first-order valence-electron chi connectivity index (χ1n) is 7.98. The molecule has 0 aromatic heterocycles. The van der Waals surface area contributed by atoms with Crippen LogP contribution in [0.15, 0.2) is 41.3 Å². The van der Waals surface area contributed by atoms with Crippen LogP contribution in [0, 0.1) is 0 Å². The number of rotatable bonds is 7. The molecule has 0 unspecified atom stereocenters. The first-order chi connectivity index (χ1) is 11.4. The van der Waals surface area contributed by atoms with Gasteiger partial charge in [-0.2, -0.15) is 0 Å². The van der Waals surface area contributed by atoms with Gasteiger partial charge < -0.3 is 4.74 Å². The minimum absolute atomic E-state index is 0.115. The molecule has 2 rings (SSSR count). The van der Waals surface area contributed by atoms with Crippen LogP contribution < -0.4 is 9.46 Å². The number of sulfonamides is 1. The van der Waals surface area contributed by atoms with E-state index in [1.807, 2.05) is 39.0 Å². The molecule has 1 N–H and O–H groups in total. The lowest BCUT2D eigenvalue weighted by atomic mass is 10.0. The minimum atomic E-state index is -3.72. The van der Waals surface area contributed by atoms with Crippen molar-refractivity contribution < 1.29 is 13.2 Å². The molecule has 0 saturated carbocycles. The van der Waals surface area contributed by atoms with E-state index in [2.05, 4.69) is 4.72 Å². The monoisotopic (exact) mass is 367 g/mol. The van der Waals surface area contributed by atoms with E-state index in [0.29, 0.717) is 18.0 Å². The summed E-state index contributed by atoms with van der Waals surface area (Å²) in [4.78, 5) is 0.115. The minimum Gasteiger partial charge on any atom is -0.492 e. The number of hydrogen-bond acceptors (Lipinski definition) is 3. The van der Waals surface area contributed by atoms with E-state index < -0.39 is 10.0 Å². The Hall–Kier alpha value is -1.72. The SMILES string of the molecule is CCOc1ccc(S(=O)(=O)Nc2c(CC)cccc2CC)cc1Cl. The van der Waals surface area contributed by atoms with E-state index >= 15 is 0 Å². The Labute approximate surface area is 148 Å². The van der Waals surface area contributed by atoms with E-state index in [1.54, 1.807) is 6.07 Å². The fraction of sp³-hybridized carbons (Fsp3) is 0.333. The summed E-state index contributed by atoms with van der Waals surface area (Å²) in [7, 11) is -3.72. The summed E-state index contributed by atoms with van der Waals surface area (Å²) in [6.07, 6.45) is 1.49. The zero-order valence-electron chi connectivity index (χ0n) is 14.1. The van der Waals surface area contributed by atoms with Crippen molar-refractivity contribution in [2.75, 3.05) is 11.3 Å². The first kappa shape index (κ1) is 18.6. The zero-order valence-corrected chi connectivity index (χ0v) is 15.7. The van der Waals surface area contributed by atoms with Crippen LogP contribution in [0.25, 0.3) is 0 Å². The molecule has 0 atom stereocenters. The van der Waals surface area contributed by atoms with Gasteiger partial charge in [-0.3, -0.25) is 4.72 Å². The van der Waals surface area contributed by atoms with Crippen molar-refractivity contribution in [3.05, 3.63) is 52.5 Å². The van der Waals surface area contributed by atoms with E-state index in [-0.39, 0.29) is 9.92 Å². The molecule has 6 heteroatoms. The van der Waals surface area contributed by atoms with Gasteiger partial charge in [-0.1, -0.05) is 43.6 Å². The summed E-state index contributed by atoms with van der Waals surface area (Å²) in [5, 5.41) is 0.277. The third-order valence-electron chi connectivity index (χ3n) is 3.75. The van der Waals surface area contributed by atoms with Gasteiger partial charge in [0.05, 0.1) is 22.2 Å². The standard InChI is InChI=1S/C18H22ClNO3S/c1-4-13-8-7-9-14(5-2)18(13)20-24(21,22)15-10-11-17(23-6-3)16(19)12-15/h7-12,20H,4-6H2,1-3H3. The molecule has 0 aliphatic carbocycles. The fourth-order valence-electron chi connectivity index (χ4n) is 2.49. The van der Waals surface area contributed by atoms with Crippen LogP contribution in [0.4, 0.5) is 5.69 Å². The molecule has 0 bridgehead atoms. The van der Waals surface area contributed by atoms with Crippen LogP contribution in [-0.2, 0) is 22.9 Å². The van der Waals surface area contributed by atoms with Crippen LogP contribution in [0.5, 0.6) is 5.75 Å².